The maximum Gasteiger partial charge on any atom is 0.230 e. The molecule has 0 saturated heterocycles. The molecule has 0 fully saturated rings. The van der Waals surface area contributed by atoms with Crippen LogP contribution in [0.2, 0.25) is 0 Å². The largest absolute Gasteiger partial charge is 0.497 e. The van der Waals surface area contributed by atoms with Gasteiger partial charge in [0.1, 0.15) is 5.75 Å². The van der Waals surface area contributed by atoms with Crippen LogP contribution in [-0.4, -0.2) is 51.1 Å². The molecule has 2 aromatic carbocycles. The highest BCUT2D eigenvalue weighted by atomic mass is 16.5. The number of nitrogens with one attached hydrogen (secondary N) is 1. The Morgan fingerprint density at radius 1 is 1.03 bits per heavy atom. The van der Waals surface area contributed by atoms with E-state index in [0.717, 1.165) is 28.9 Å². The van der Waals surface area contributed by atoms with Gasteiger partial charge in [0.05, 0.1) is 27.8 Å². The monoisotopic (exact) mass is 424 g/mol. The zero-order chi connectivity index (χ0) is 22.2. The van der Waals surface area contributed by atoms with Gasteiger partial charge in [0.2, 0.25) is 11.8 Å². The van der Waals surface area contributed by atoms with Crippen LogP contribution in [0.4, 0.5) is 0 Å². The lowest BCUT2D eigenvalue weighted by Crippen LogP contribution is -2.32. The second-order valence-electron chi connectivity index (χ2n) is 7.18. The standard InChI is InChI=1S/C24H28N2O5/c1-29-20-6-4-17(5-7-20)8-11-25-23(27)10-13-26-12-9-18-14-21(30-2)22(31-3)15-19(18)16-24(26)28/h4-7,9,12,14-15H,8,10-11,13,16H2,1-3H3,(H,25,27). The number of carbonyl (C=O) groups excluding carboxylic acids is 2. The molecular formula is C24H28N2O5. The van der Waals surface area contributed by atoms with E-state index in [9.17, 15) is 9.59 Å². The molecule has 164 valence electrons. The Morgan fingerprint density at radius 2 is 1.74 bits per heavy atom. The minimum absolute atomic E-state index is 0.0618. The summed E-state index contributed by atoms with van der Waals surface area (Å²) in [6.45, 7) is 0.867. The first-order valence-corrected chi connectivity index (χ1v) is 10.2. The van der Waals surface area contributed by atoms with Gasteiger partial charge in [0.15, 0.2) is 11.5 Å². The number of hydrogen-bond acceptors (Lipinski definition) is 5. The number of hydrogen-bond donors (Lipinski definition) is 1. The number of methoxy groups -OCH3 is 3. The van der Waals surface area contributed by atoms with E-state index in [1.165, 1.54) is 0 Å². The van der Waals surface area contributed by atoms with Crippen molar-refractivity contribution in [3.8, 4) is 17.2 Å². The first-order valence-electron chi connectivity index (χ1n) is 10.2. The molecule has 1 heterocycles. The Kier molecular flexibility index (Phi) is 7.54. The predicted octanol–water partition coefficient (Wildman–Crippen LogP) is 2.82. The van der Waals surface area contributed by atoms with E-state index in [0.29, 0.717) is 24.6 Å². The van der Waals surface area contributed by atoms with Crippen molar-refractivity contribution in [3.05, 3.63) is 59.3 Å². The van der Waals surface area contributed by atoms with Crippen LogP contribution in [0.5, 0.6) is 17.2 Å². The van der Waals surface area contributed by atoms with Crippen LogP contribution < -0.4 is 19.5 Å². The fourth-order valence-electron chi connectivity index (χ4n) is 3.41. The van der Waals surface area contributed by atoms with Crippen LogP contribution >= 0.6 is 0 Å². The zero-order valence-electron chi connectivity index (χ0n) is 18.1. The molecule has 2 amide bonds. The van der Waals surface area contributed by atoms with Gasteiger partial charge in [0.25, 0.3) is 0 Å². The van der Waals surface area contributed by atoms with Gasteiger partial charge >= 0.3 is 0 Å². The number of nitrogens with zero attached hydrogens (tertiary/aromatic N) is 1. The molecule has 0 bridgehead atoms. The van der Waals surface area contributed by atoms with Gasteiger partial charge in [-0.05, 0) is 53.5 Å². The van der Waals surface area contributed by atoms with Crippen molar-refractivity contribution in [3.63, 3.8) is 0 Å². The van der Waals surface area contributed by atoms with Crippen molar-refractivity contribution in [2.75, 3.05) is 34.4 Å². The second kappa shape index (κ2) is 10.5. The fourth-order valence-corrected chi connectivity index (χ4v) is 3.41. The van der Waals surface area contributed by atoms with Crippen LogP contribution in [-0.2, 0) is 22.4 Å². The van der Waals surface area contributed by atoms with E-state index in [1.807, 2.05) is 42.5 Å². The summed E-state index contributed by atoms with van der Waals surface area (Å²) < 4.78 is 15.8. The third-order valence-corrected chi connectivity index (χ3v) is 5.22. The van der Waals surface area contributed by atoms with Gasteiger partial charge in [-0.3, -0.25) is 9.59 Å². The summed E-state index contributed by atoms with van der Waals surface area (Å²) in [4.78, 5) is 26.5. The maximum atomic E-state index is 12.7. The Balaban J connectivity index is 1.50. The smallest absolute Gasteiger partial charge is 0.230 e. The van der Waals surface area contributed by atoms with Crippen LogP contribution in [0.3, 0.4) is 0 Å². The molecule has 1 N–H and O–H groups in total. The summed E-state index contributed by atoms with van der Waals surface area (Å²) >= 11 is 0. The van der Waals surface area contributed by atoms with Crippen LogP contribution in [0.1, 0.15) is 23.1 Å². The first-order chi connectivity index (χ1) is 15.0. The van der Waals surface area contributed by atoms with Gasteiger partial charge in [-0.25, -0.2) is 0 Å². The van der Waals surface area contributed by atoms with Crippen molar-refractivity contribution in [2.24, 2.45) is 0 Å². The van der Waals surface area contributed by atoms with E-state index >= 15 is 0 Å². The van der Waals surface area contributed by atoms with E-state index in [-0.39, 0.29) is 24.7 Å². The van der Waals surface area contributed by atoms with Gasteiger partial charge in [0, 0.05) is 25.7 Å². The number of rotatable bonds is 9. The summed E-state index contributed by atoms with van der Waals surface area (Å²) in [5.41, 5.74) is 2.89. The number of fused-ring (bicyclic) bond motifs is 1. The molecule has 7 heteroatoms. The number of carbonyl (C=O) groups is 2. The normalized spacial score (nSPS) is 12.7. The molecule has 0 saturated carbocycles. The van der Waals surface area contributed by atoms with Crippen molar-refractivity contribution in [1.82, 2.24) is 10.2 Å². The molecule has 0 unspecified atom stereocenters. The zero-order valence-corrected chi connectivity index (χ0v) is 18.1. The Hall–Kier alpha value is -3.48. The SMILES string of the molecule is COc1ccc(CCNC(=O)CCN2C=Cc3cc(OC)c(OC)cc3CC2=O)cc1. The van der Waals surface area contributed by atoms with Crippen molar-refractivity contribution in [2.45, 2.75) is 19.3 Å². The lowest BCUT2D eigenvalue weighted by Gasteiger charge is -2.17. The van der Waals surface area contributed by atoms with Crippen molar-refractivity contribution >= 4 is 17.9 Å². The molecule has 2 aromatic rings. The molecule has 1 aliphatic heterocycles. The first kappa shape index (κ1) is 22.2. The van der Waals surface area contributed by atoms with Gasteiger partial charge in [-0.2, -0.15) is 0 Å². The summed E-state index contributed by atoms with van der Waals surface area (Å²) in [7, 11) is 4.78. The number of ether oxygens (including phenoxy) is 3. The van der Waals surface area contributed by atoms with Gasteiger partial charge in [-0.1, -0.05) is 12.1 Å². The van der Waals surface area contributed by atoms with Crippen LogP contribution in [0, 0.1) is 0 Å². The molecule has 0 atom stereocenters. The topological polar surface area (TPSA) is 77.1 Å². The van der Waals surface area contributed by atoms with E-state index in [2.05, 4.69) is 5.32 Å². The molecule has 3 rings (SSSR count). The molecule has 1 aliphatic rings. The Bertz CT molecular complexity index is 953. The average Bonchev–Trinajstić information content (AvgIpc) is 2.94. The van der Waals surface area contributed by atoms with E-state index in [4.69, 9.17) is 14.2 Å². The van der Waals surface area contributed by atoms with Crippen molar-refractivity contribution < 1.29 is 23.8 Å². The quantitative estimate of drug-likeness (QED) is 0.670. The van der Waals surface area contributed by atoms with E-state index < -0.39 is 0 Å². The summed E-state index contributed by atoms with van der Waals surface area (Å²) in [5, 5.41) is 2.91. The summed E-state index contributed by atoms with van der Waals surface area (Å²) in [6.07, 6.45) is 4.80. The van der Waals surface area contributed by atoms with Crippen molar-refractivity contribution in [1.29, 1.82) is 0 Å². The predicted molar refractivity (Wildman–Crippen MR) is 118 cm³/mol. The average molecular weight is 424 g/mol. The van der Waals surface area contributed by atoms with Gasteiger partial charge < -0.3 is 24.4 Å². The molecular weight excluding hydrogens is 396 g/mol. The van der Waals surface area contributed by atoms with Crippen LogP contribution in [0.25, 0.3) is 6.08 Å². The molecule has 0 spiro atoms. The highest BCUT2D eigenvalue weighted by molar-refractivity contribution is 5.85. The molecule has 0 aliphatic carbocycles. The lowest BCUT2D eigenvalue weighted by molar-refractivity contribution is -0.128. The maximum absolute atomic E-state index is 12.7. The van der Waals surface area contributed by atoms with E-state index in [1.54, 1.807) is 32.4 Å². The minimum Gasteiger partial charge on any atom is -0.497 e. The van der Waals surface area contributed by atoms with Gasteiger partial charge in [-0.15, -0.1) is 0 Å². The second-order valence-corrected chi connectivity index (χ2v) is 7.18. The fraction of sp³-hybridized carbons (Fsp3) is 0.333. The number of amides is 2. The lowest BCUT2D eigenvalue weighted by atomic mass is 10.0. The minimum atomic E-state index is -0.0835. The molecule has 0 aromatic heterocycles. The third kappa shape index (κ3) is 5.78. The highest BCUT2D eigenvalue weighted by Crippen LogP contribution is 2.32. The Morgan fingerprint density at radius 3 is 2.42 bits per heavy atom. The third-order valence-electron chi connectivity index (χ3n) is 5.22. The molecule has 31 heavy (non-hydrogen) atoms. The highest BCUT2D eigenvalue weighted by Gasteiger charge is 2.20. The van der Waals surface area contributed by atoms with Crippen LogP contribution in [0.15, 0.2) is 42.6 Å². The Labute approximate surface area is 182 Å². The summed E-state index contributed by atoms with van der Waals surface area (Å²) in [5.74, 6) is 1.87. The molecule has 7 nitrogen and oxygen atoms in total. The molecule has 0 radical (unpaired) electrons. The number of benzene rings is 2. The summed E-state index contributed by atoms with van der Waals surface area (Å²) in [6, 6.07) is 11.4.